The smallest absolute Gasteiger partial charge is 0.256 e. The number of piperidine rings is 1. The first-order valence-corrected chi connectivity index (χ1v) is 10.7. The first-order chi connectivity index (χ1) is 12.7. The van der Waals surface area contributed by atoms with Gasteiger partial charge in [-0.1, -0.05) is 25.1 Å². The van der Waals surface area contributed by atoms with E-state index in [0.29, 0.717) is 0 Å². The van der Waals surface area contributed by atoms with E-state index in [0.717, 1.165) is 23.0 Å². The topological polar surface area (TPSA) is 32.3 Å². The predicted octanol–water partition coefficient (Wildman–Crippen LogP) is 5.11. The van der Waals surface area contributed by atoms with Crippen LogP contribution in [0.2, 0.25) is 0 Å². The lowest BCUT2D eigenvalue weighted by Crippen LogP contribution is -2.32. The van der Waals surface area contributed by atoms with Crippen LogP contribution in [0.4, 0.5) is 5.00 Å². The average Bonchev–Trinajstić information content (AvgIpc) is 3.01. The van der Waals surface area contributed by atoms with Crippen LogP contribution < -0.4 is 5.32 Å². The van der Waals surface area contributed by atoms with Gasteiger partial charge in [-0.15, -0.1) is 11.3 Å². The Morgan fingerprint density at radius 1 is 1.15 bits per heavy atom. The van der Waals surface area contributed by atoms with Gasteiger partial charge in [0, 0.05) is 22.5 Å². The molecule has 26 heavy (non-hydrogen) atoms. The second kappa shape index (κ2) is 7.93. The van der Waals surface area contributed by atoms with E-state index in [1.165, 1.54) is 67.6 Å². The summed E-state index contributed by atoms with van der Waals surface area (Å²) < 4.78 is 0. The van der Waals surface area contributed by atoms with Crippen molar-refractivity contribution >= 4 is 22.2 Å². The SMILES string of the molecule is CC1CCN(Cc2c(NC(=O)c3ccccc3)sc3c2CCCC3)CC1. The highest BCUT2D eigenvalue weighted by Gasteiger charge is 2.25. The molecule has 1 aromatic carbocycles. The van der Waals surface area contributed by atoms with E-state index in [1.807, 2.05) is 41.7 Å². The second-order valence-electron chi connectivity index (χ2n) is 7.80. The summed E-state index contributed by atoms with van der Waals surface area (Å²) in [6.45, 7) is 5.70. The van der Waals surface area contributed by atoms with Crippen molar-refractivity contribution in [3.05, 3.63) is 51.9 Å². The number of hydrogen-bond acceptors (Lipinski definition) is 3. The molecular weight excluding hydrogens is 340 g/mol. The molecule has 0 spiro atoms. The zero-order valence-electron chi connectivity index (χ0n) is 15.6. The zero-order chi connectivity index (χ0) is 17.9. The summed E-state index contributed by atoms with van der Waals surface area (Å²) in [6, 6.07) is 9.56. The minimum Gasteiger partial charge on any atom is -0.313 e. The van der Waals surface area contributed by atoms with Gasteiger partial charge in [0.15, 0.2) is 0 Å². The van der Waals surface area contributed by atoms with Crippen LogP contribution in [0.1, 0.15) is 59.0 Å². The Hall–Kier alpha value is -1.65. The third-order valence-corrected chi connectivity index (χ3v) is 7.05. The average molecular weight is 369 g/mol. The molecule has 1 aromatic heterocycles. The summed E-state index contributed by atoms with van der Waals surface area (Å²) >= 11 is 1.82. The van der Waals surface area contributed by atoms with Crippen molar-refractivity contribution in [2.45, 2.75) is 52.0 Å². The van der Waals surface area contributed by atoms with E-state index in [2.05, 4.69) is 17.1 Å². The lowest BCUT2D eigenvalue weighted by molar-refractivity contribution is 0.102. The largest absolute Gasteiger partial charge is 0.313 e. The third kappa shape index (κ3) is 3.86. The van der Waals surface area contributed by atoms with E-state index in [4.69, 9.17) is 0 Å². The lowest BCUT2D eigenvalue weighted by Gasteiger charge is -2.30. The summed E-state index contributed by atoms with van der Waals surface area (Å²) in [5.41, 5.74) is 3.66. The number of fused-ring (bicyclic) bond motifs is 1. The quantitative estimate of drug-likeness (QED) is 0.813. The van der Waals surface area contributed by atoms with Gasteiger partial charge in [-0.2, -0.15) is 0 Å². The molecule has 0 unspecified atom stereocenters. The summed E-state index contributed by atoms with van der Waals surface area (Å²) in [6.07, 6.45) is 7.48. The summed E-state index contributed by atoms with van der Waals surface area (Å²) in [7, 11) is 0. The molecular formula is C22H28N2OS. The van der Waals surface area contributed by atoms with Crippen LogP contribution in [0.3, 0.4) is 0 Å². The van der Waals surface area contributed by atoms with Gasteiger partial charge in [-0.3, -0.25) is 9.69 Å². The van der Waals surface area contributed by atoms with Crippen LogP contribution in [0, 0.1) is 5.92 Å². The van der Waals surface area contributed by atoms with Crippen molar-refractivity contribution < 1.29 is 4.79 Å². The third-order valence-electron chi connectivity index (χ3n) is 5.80. The lowest BCUT2D eigenvalue weighted by atomic mass is 9.94. The van der Waals surface area contributed by atoms with Gasteiger partial charge in [-0.05, 0) is 75.2 Å². The molecule has 4 heteroatoms. The Labute approximate surface area is 160 Å². The fourth-order valence-corrected chi connectivity index (χ4v) is 5.40. The van der Waals surface area contributed by atoms with Gasteiger partial charge in [0.2, 0.25) is 0 Å². The normalized spacial score (nSPS) is 18.5. The van der Waals surface area contributed by atoms with Crippen LogP contribution in [0.5, 0.6) is 0 Å². The molecule has 2 heterocycles. The van der Waals surface area contributed by atoms with Crippen molar-refractivity contribution in [2.24, 2.45) is 5.92 Å². The highest BCUT2D eigenvalue weighted by atomic mass is 32.1. The number of likely N-dealkylation sites (tertiary alicyclic amines) is 1. The molecule has 1 aliphatic carbocycles. The molecule has 2 aliphatic rings. The number of carbonyl (C=O) groups is 1. The monoisotopic (exact) mass is 368 g/mol. The number of benzene rings is 1. The zero-order valence-corrected chi connectivity index (χ0v) is 16.4. The van der Waals surface area contributed by atoms with Gasteiger partial charge in [-0.25, -0.2) is 0 Å². The Kier molecular flexibility index (Phi) is 5.41. The summed E-state index contributed by atoms with van der Waals surface area (Å²) in [5, 5.41) is 4.32. The molecule has 4 rings (SSSR count). The molecule has 0 radical (unpaired) electrons. The van der Waals surface area contributed by atoms with Crippen LogP contribution in [-0.4, -0.2) is 23.9 Å². The van der Waals surface area contributed by atoms with Crippen LogP contribution in [0.15, 0.2) is 30.3 Å². The first kappa shape index (κ1) is 17.7. The molecule has 1 saturated heterocycles. The highest BCUT2D eigenvalue weighted by Crippen LogP contribution is 2.39. The summed E-state index contributed by atoms with van der Waals surface area (Å²) in [4.78, 5) is 16.8. The number of carbonyl (C=O) groups excluding carboxylic acids is 1. The number of rotatable bonds is 4. The van der Waals surface area contributed by atoms with E-state index in [9.17, 15) is 4.79 Å². The number of thiophene rings is 1. The van der Waals surface area contributed by atoms with Crippen LogP contribution in [0.25, 0.3) is 0 Å². The Morgan fingerprint density at radius 3 is 2.65 bits per heavy atom. The molecule has 2 aromatic rings. The predicted molar refractivity (Wildman–Crippen MR) is 109 cm³/mol. The second-order valence-corrected chi connectivity index (χ2v) is 8.90. The maximum absolute atomic E-state index is 12.7. The van der Waals surface area contributed by atoms with Gasteiger partial charge >= 0.3 is 0 Å². The van der Waals surface area contributed by atoms with Crippen molar-refractivity contribution in [2.75, 3.05) is 18.4 Å². The Balaban J connectivity index is 1.57. The summed E-state index contributed by atoms with van der Waals surface area (Å²) in [5.74, 6) is 0.859. The standard InChI is InChI=1S/C22H28N2OS/c1-16-11-13-24(14-12-16)15-19-18-9-5-6-10-20(18)26-22(19)23-21(25)17-7-3-2-4-8-17/h2-4,7-8,16H,5-6,9-15H2,1H3,(H,23,25). The Morgan fingerprint density at radius 2 is 1.88 bits per heavy atom. The first-order valence-electron chi connectivity index (χ1n) is 9.93. The van der Waals surface area contributed by atoms with Gasteiger partial charge in [0.05, 0.1) is 0 Å². The molecule has 0 bridgehead atoms. The molecule has 1 N–H and O–H groups in total. The molecule has 0 saturated carbocycles. The minimum atomic E-state index is 0.0118. The van der Waals surface area contributed by atoms with Gasteiger partial charge < -0.3 is 5.32 Å². The number of nitrogens with zero attached hydrogens (tertiary/aromatic N) is 1. The minimum absolute atomic E-state index is 0.0118. The van der Waals surface area contributed by atoms with Crippen molar-refractivity contribution in [3.8, 4) is 0 Å². The maximum atomic E-state index is 12.7. The van der Waals surface area contributed by atoms with Crippen molar-refractivity contribution in [1.29, 1.82) is 0 Å². The number of nitrogens with one attached hydrogen (secondary N) is 1. The number of aryl methyl sites for hydroxylation is 1. The number of hydrogen-bond donors (Lipinski definition) is 1. The van der Waals surface area contributed by atoms with Gasteiger partial charge in [0.1, 0.15) is 5.00 Å². The molecule has 1 fully saturated rings. The highest BCUT2D eigenvalue weighted by molar-refractivity contribution is 7.16. The van der Waals surface area contributed by atoms with Crippen molar-refractivity contribution in [3.63, 3.8) is 0 Å². The fourth-order valence-electron chi connectivity index (χ4n) is 4.11. The van der Waals surface area contributed by atoms with E-state index >= 15 is 0 Å². The van der Waals surface area contributed by atoms with Gasteiger partial charge in [0.25, 0.3) is 5.91 Å². The number of amides is 1. The molecule has 0 atom stereocenters. The van der Waals surface area contributed by atoms with E-state index in [1.54, 1.807) is 0 Å². The molecule has 138 valence electrons. The maximum Gasteiger partial charge on any atom is 0.256 e. The Bertz CT molecular complexity index is 760. The van der Waals surface area contributed by atoms with Crippen LogP contribution in [-0.2, 0) is 19.4 Å². The van der Waals surface area contributed by atoms with E-state index < -0.39 is 0 Å². The van der Waals surface area contributed by atoms with Crippen molar-refractivity contribution in [1.82, 2.24) is 4.90 Å². The molecule has 1 amide bonds. The molecule has 1 aliphatic heterocycles. The van der Waals surface area contributed by atoms with Crippen LogP contribution >= 0.6 is 11.3 Å². The number of anilines is 1. The molecule has 3 nitrogen and oxygen atoms in total. The fraction of sp³-hybridized carbons (Fsp3) is 0.500. The van der Waals surface area contributed by atoms with E-state index in [-0.39, 0.29) is 5.91 Å².